The first kappa shape index (κ1) is 17.4. The van der Waals surface area contributed by atoms with Crippen LogP contribution in [0.1, 0.15) is 35.8 Å². The molecule has 1 unspecified atom stereocenters. The third kappa shape index (κ3) is 4.14. The van der Waals surface area contributed by atoms with Crippen molar-refractivity contribution >= 4 is 17.6 Å². The number of rotatable bonds is 5. The summed E-state index contributed by atoms with van der Waals surface area (Å²) >= 11 is 0. The van der Waals surface area contributed by atoms with Gasteiger partial charge >= 0.3 is 0 Å². The third-order valence-corrected chi connectivity index (χ3v) is 4.76. The first-order valence-electron chi connectivity index (χ1n) is 8.62. The van der Waals surface area contributed by atoms with Gasteiger partial charge in [0.1, 0.15) is 0 Å². The van der Waals surface area contributed by atoms with E-state index in [1.54, 1.807) is 13.0 Å². The van der Waals surface area contributed by atoms with E-state index in [0.29, 0.717) is 5.88 Å². The van der Waals surface area contributed by atoms with Crippen molar-refractivity contribution in [2.75, 3.05) is 18.4 Å². The number of aromatic nitrogens is 1. The Balaban J connectivity index is 1.53. The molecule has 1 aromatic heterocycles. The Hall–Kier alpha value is -2.47. The highest BCUT2D eigenvalue weighted by molar-refractivity contribution is 5.98. The van der Waals surface area contributed by atoms with E-state index in [1.807, 2.05) is 37.3 Å². The second kappa shape index (κ2) is 7.61. The summed E-state index contributed by atoms with van der Waals surface area (Å²) < 4.78 is 5.02. The average molecular weight is 341 g/mol. The summed E-state index contributed by atoms with van der Waals surface area (Å²) in [5, 5.41) is 6.50. The molecule has 1 saturated heterocycles. The largest absolute Gasteiger partial charge is 0.338 e. The number of carbonyl (C=O) groups excluding carboxylic acids is 2. The van der Waals surface area contributed by atoms with Crippen LogP contribution in [0.3, 0.4) is 0 Å². The number of benzene rings is 1. The van der Waals surface area contributed by atoms with Crippen LogP contribution < -0.4 is 5.32 Å². The second-order valence-corrected chi connectivity index (χ2v) is 6.54. The molecule has 25 heavy (non-hydrogen) atoms. The van der Waals surface area contributed by atoms with Gasteiger partial charge in [-0.05, 0) is 39.8 Å². The molecule has 1 N–H and O–H groups in total. The fourth-order valence-electron chi connectivity index (χ4n) is 3.20. The molecule has 1 fully saturated rings. The lowest BCUT2D eigenvalue weighted by Crippen LogP contribution is -2.46. The van der Waals surface area contributed by atoms with Crippen LogP contribution in [0.25, 0.3) is 0 Å². The minimum atomic E-state index is -0.279. The van der Waals surface area contributed by atoms with Gasteiger partial charge in [-0.1, -0.05) is 35.5 Å². The zero-order valence-corrected chi connectivity index (χ0v) is 14.6. The van der Waals surface area contributed by atoms with E-state index < -0.39 is 0 Å². The van der Waals surface area contributed by atoms with Crippen molar-refractivity contribution in [1.29, 1.82) is 0 Å². The van der Waals surface area contributed by atoms with Crippen LogP contribution in [0.4, 0.5) is 5.88 Å². The lowest BCUT2D eigenvalue weighted by atomic mass is 9.88. The summed E-state index contributed by atoms with van der Waals surface area (Å²) in [7, 11) is 0. The summed E-state index contributed by atoms with van der Waals surface area (Å²) in [4.78, 5) is 27.0. The Bertz CT molecular complexity index is 733. The topological polar surface area (TPSA) is 75.4 Å². The van der Waals surface area contributed by atoms with Crippen molar-refractivity contribution in [3.05, 3.63) is 47.7 Å². The Labute approximate surface area is 147 Å². The zero-order valence-electron chi connectivity index (χ0n) is 14.6. The monoisotopic (exact) mass is 341 g/mol. The maximum Gasteiger partial charge on any atom is 0.243 e. The number of nitrogens with zero attached hydrogens (tertiary/aromatic N) is 2. The van der Waals surface area contributed by atoms with Crippen LogP contribution in [0.5, 0.6) is 0 Å². The number of hydrogen-bond donors (Lipinski definition) is 1. The lowest BCUT2D eigenvalue weighted by molar-refractivity contribution is -0.121. The van der Waals surface area contributed by atoms with Crippen LogP contribution in [-0.4, -0.2) is 40.9 Å². The van der Waals surface area contributed by atoms with Crippen molar-refractivity contribution in [3.8, 4) is 0 Å². The van der Waals surface area contributed by atoms with Gasteiger partial charge in [0, 0.05) is 17.5 Å². The number of Topliss-reactive ketones (excluding diaryl/α,β-unsaturated/α-hetero) is 1. The molecule has 3 rings (SSSR count). The number of aryl methyl sites for hydroxylation is 1. The fourth-order valence-corrected chi connectivity index (χ4v) is 3.20. The normalized spacial score (nSPS) is 17.2. The number of carbonyl (C=O) groups is 2. The maximum atomic E-state index is 12.5. The standard InChI is InChI=1S/C19H23N3O3/c1-13-12-17(25-21-13)20-19(24)14(2)22-10-8-16(9-11-22)18(23)15-6-4-3-5-7-15/h3-7,12,14,16H,8-11H2,1-2H3,(H,20,24). The quantitative estimate of drug-likeness (QED) is 0.846. The first-order valence-corrected chi connectivity index (χ1v) is 8.62. The van der Waals surface area contributed by atoms with Gasteiger partial charge in [-0.15, -0.1) is 0 Å². The van der Waals surface area contributed by atoms with E-state index in [-0.39, 0.29) is 23.7 Å². The van der Waals surface area contributed by atoms with Crippen molar-refractivity contribution < 1.29 is 14.1 Å². The smallest absolute Gasteiger partial charge is 0.243 e. The molecule has 1 aliphatic heterocycles. The van der Waals surface area contributed by atoms with Crippen LogP contribution in [0, 0.1) is 12.8 Å². The number of likely N-dealkylation sites (tertiary alicyclic amines) is 1. The van der Waals surface area contributed by atoms with Crippen LogP contribution >= 0.6 is 0 Å². The molecule has 1 aliphatic rings. The second-order valence-electron chi connectivity index (χ2n) is 6.54. The van der Waals surface area contributed by atoms with Gasteiger partial charge in [-0.2, -0.15) is 0 Å². The van der Waals surface area contributed by atoms with Gasteiger partial charge in [0.2, 0.25) is 11.8 Å². The van der Waals surface area contributed by atoms with Gasteiger partial charge in [0.15, 0.2) is 5.78 Å². The molecule has 0 aliphatic carbocycles. The Morgan fingerprint density at radius 3 is 2.52 bits per heavy atom. The third-order valence-electron chi connectivity index (χ3n) is 4.76. The molecule has 2 heterocycles. The molecule has 1 atom stereocenters. The summed E-state index contributed by atoms with van der Waals surface area (Å²) in [6, 6.07) is 10.8. The molecule has 132 valence electrons. The van der Waals surface area contributed by atoms with Gasteiger partial charge < -0.3 is 4.52 Å². The number of hydrogen-bond acceptors (Lipinski definition) is 5. The van der Waals surface area contributed by atoms with E-state index in [2.05, 4.69) is 15.4 Å². The Morgan fingerprint density at radius 2 is 1.92 bits per heavy atom. The van der Waals surface area contributed by atoms with E-state index in [4.69, 9.17) is 4.52 Å². The number of anilines is 1. The molecule has 0 saturated carbocycles. The minimum Gasteiger partial charge on any atom is -0.338 e. The summed E-state index contributed by atoms with van der Waals surface area (Å²) in [5.41, 5.74) is 1.50. The molecular weight excluding hydrogens is 318 g/mol. The molecule has 0 bridgehead atoms. The fraction of sp³-hybridized carbons (Fsp3) is 0.421. The molecule has 1 amide bonds. The zero-order chi connectivity index (χ0) is 17.8. The molecular formula is C19H23N3O3. The van der Waals surface area contributed by atoms with E-state index >= 15 is 0 Å². The van der Waals surface area contributed by atoms with E-state index in [1.165, 1.54) is 0 Å². The van der Waals surface area contributed by atoms with Crippen LogP contribution in [0.15, 0.2) is 40.9 Å². The molecule has 0 radical (unpaired) electrons. The maximum absolute atomic E-state index is 12.5. The number of ketones is 1. The van der Waals surface area contributed by atoms with E-state index in [0.717, 1.165) is 37.2 Å². The van der Waals surface area contributed by atoms with Crippen molar-refractivity contribution in [3.63, 3.8) is 0 Å². The lowest BCUT2D eigenvalue weighted by Gasteiger charge is -2.34. The van der Waals surface area contributed by atoms with Crippen LogP contribution in [-0.2, 0) is 4.79 Å². The molecule has 1 aromatic carbocycles. The SMILES string of the molecule is Cc1cc(NC(=O)C(C)N2CCC(C(=O)c3ccccc3)CC2)on1. The molecule has 6 nitrogen and oxygen atoms in total. The van der Waals surface area contributed by atoms with Gasteiger partial charge in [0.05, 0.1) is 11.7 Å². The predicted molar refractivity (Wildman–Crippen MR) is 94.4 cm³/mol. The van der Waals surface area contributed by atoms with Crippen molar-refractivity contribution in [2.45, 2.75) is 32.7 Å². The first-order chi connectivity index (χ1) is 12.0. The van der Waals surface area contributed by atoms with Crippen molar-refractivity contribution in [1.82, 2.24) is 10.1 Å². The van der Waals surface area contributed by atoms with E-state index in [9.17, 15) is 9.59 Å². The molecule has 6 heteroatoms. The molecule has 2 aromatic rings. The number of amides is 1. The summed E-state index contributed by atoms with van der Waals surface area (Å²) in [5.74, 6) is 0.479. The average Bonchev–Trinajstić information content (AvgIpc) is 3.06. The summed E-state index contributed by atoms with van der Waals surface area (Å²) in [6.45, 7) is 5.13. The number of nitrogens with one attached hydrogen (secondary N) is 1. The highest BCUT2D eigenvalue weighted by Crippen LogP contribution is 2.23. The van der Waals surface area contributed by atoms with Crippen LogP contribution in [0.2, 0.25) is 0 Å². The highest BCUT2D eigenvalue weighted by atomic mass is 16.5. The highest BCUT2D eigenvalue weighted by Gasteiger charge is 2.30. The number of piperidine rings is 1. The minimum absolute atomic E-state index is 0.0332. The van der Waals surface area contributed by atoms with Gasteiger partial charge in [0.25, 0.3) is 0 Å². The van der Waals surface area contributed by atoms with Crippen molar-refractivity contribution in [2.24, 2.45) is 5.92 Å². The Kier molecular flexibility index (Phi) is 5.28. The predicted octanol–water partition coefficient (Wildman–Crippen LogP) is 2.90. The van der Waals surface area contributed by atoms with Gasteiger partial charge in [-0.25, -0.2) is 0 Å². The van der Waals surface area contributed by atoms with Gasteiger partial charge in [-0.3, -0.25) is 19.8 Å². The Morgan fingerprint density at radius 1 is 1.24 bits per heavy atom. The summed E-state index contributed by atoms with van der Waals surface area (Å²) in [6.07, 6.45) is 1.54. The molecule has 0 spiro atoms.